The Morgan fingerprint density at radius 2 is 1.81 bits per heavy atom. The number of rotatable bonds is 6. The van der Waals surface area contributed by atoms with E-state index in [9.17, 15) is 4.79 Å². The molecule has 5 nitrogen and oxygen atoms in total. The van der Waals surface area contributed by atoms with Gasteiger partial charge in [0.2, 0.25) is 0 Å². The molecule has 0 N–H and O–H groups in total. The summed E-state index contributed by atoms with van der Waals surface area (Å²) < 4.78 is 6.85. The van der Waals surface area contributed by atoms with Gasteiger partial charge in [0.05, 0.1) is 23.6 Å². The predicted octanol–water partition coefficient (Wildman–Crippen LogP) is 4.55. The molecule has 3 aromatic rings. The number of aryl methyl sites for hydroxylation is 1. The van der Waals surface area contributed by atoms with Gasteiger partial charge in [-0.1, -0.05) is 54.1 Å². The molecule has 0 atom stereocenters. The number of benzene rings is 2. The molecule has 6 heteroatoms. The Balaban J connectivity index is 1.96. The van der Waals surface area contributed by atoms with E-state index < -0.39 is 0 Å². The fraction of sp³-hybridized carbons (Fsp3) is 0.238. The molecule has 0 bridgehead atoms. The van der Waals surface area contributed by atoms with Crippen LogP contribution in [-0.2, 0) is 18.3 Å². The van der Waals surface area contributed by atoms with Crippen molar-refractivity contribution in [3.63, 3.8) is 0 Å². The summed E-state index contributed by atoms with van der Waals surface area (Å²) >= 11 is 6.53. The van der Waals surface area contributed by atoms with Crippen LogP contribution in [0.4, 0.5) is 5.69 Å². The van der Waals surface area contributed by atoms with Crippen molar-refractivity contribution in [3.05, 3.63) is 70.9 Å². The van der Waals surface area contributed by atoms with Gasteiger partial charge < -0.3 is 9.64 Å². The average molecular weight is 384 g/mol. The molecule has 0 saturated heterocycles. The lowest BCUT2D eigenvalue weighted by molar-refractivity contribution is 0.0527. The van der Waals surface area contributed by atoms with Gasteiger partial charge >= 0.3 is 5.97 Å². The van der Waals surface area contributed by atoms with E-state index in [1.165, 1.54) is 0 Å². The van der Waals surface area contributed by atoms with Crippen LogP contribution in [0.15, 0.2) is 54.6 Å². The molecule has 3 rings (SSSR count). The van der Waals surface area contributed by atoms with Crippen LogP contribution in [-0.4, -0.2) is 29.4 Å². The summed E-state index contributed by atoms with van der Waals surface area (Å²) in [6, 6.07) is 17.3. The first-order valence-corrected chi connectivity index (χ1v) is 9.14. The number of anilines is 1. The zero-order chi connectivity index (χ0) is 19.4. The summed E-state index contributed by atoms with van der Waals surface area (Å²) in [5.41, 5.74) is 4.06. The third kappa shape index (κ3) is 3.98. The summed E-state index contributed by atoms with van der Waals surface area (Å²) in [5.74, 6) is -0.333. The highest BCUT2D eigenvalue weighted by Crippen LogP contribution is 2.31. The normalized spacial score (nSPS) is 10.7. The van der Waals surface area contributed by atoms with Gasteiger partial charge in [0, 0.05) is 31.8 Å². The van der Waals surface area contributed by atoms with E-state index in [4.69, 9.17) is 16.3 Å². The second-order valence-corrected chi connectivity index (χ2v) is 6.56. The minimum Gasteiger partial charge on any atom is -0.462 e. The molecule has 0 unspecified atom stereocenters. The van der Waals surface area contributed by atoms with Crippen molar-refractivity contribution >= 4 is 23.3 Å². The predicted molar refractivity (Wildman–Crippen MR) is 108 cm³/mol. The SMILES string of the molecule is CCOC(=O)c1ccccc1N(C)Cc1c(-c2ccccc2)nn(C)c1Cl. The number of esters is 1. The second-order valence-electron chi connectivity index (χ2n) is 6.20. The number of hydrogen-bond donors (Lipinski definition) is 0. The average Bonchev–Trinajstić information content (AvgIpc) is 2.97. The van der Waals surface area contributed by atoms with Crippen LogP contribution in [0.1, 0.15) is 22.8 Å². The largest absolute Gasteiger partial charge is 0.462 e. The third-order valence-electron chi connectivity index (χ3n) is 4.32. The fourth-order valence-corrected chi connectivity index (χ4v) is 3.21. The molecule has 0 amide bonds. The van der Waals surface area contributed by atoms with Crippen LogP contribution in [0.5, 0.6) is 0 Å². The van der Waals surface area contributed by atoms with Gasteiger partial charge in [0.15, 0.2) is 0 Å². The van der Waals surface area contributed by atoms with Gasteiger partial charge in [-0.05, 0) is 19.1 Å². The van der Waals surface area contributed by atoms with E-state index >= 15 is 0 Å². The van der Waals surface area contributed by atoms with Crippen LogP contribution >= 0.6 is 11.6 Å². The molecular weight excluding hydrogens is 362 g/mol. The molecule has 27 heavy (non-hydrogen) atoms. The maximum absolute atomic E-state index is 12.3. The van der Waals surface area contributed by atoms with Crippen LogP contribution in [0.2, 0.25) is 5.15 Å². The maximum Gasteiger partial charge on any atom is 0.340 e. The monoisotopic (exact) mass is 383 g/mol. The molecule has 0 aliphatic carbocycles. The highest BCUT2D eigenvalue weighted by Gasteiger charge is 2.20. The van der Waals surface area contributed by atoms with Crippen LogP contribution < -0.4 is 4.90 Å². The van der Waals surface area contributed by atoms with Crippen molar-refractivity contribution in [2.24, 2.45) is 7.05 Å². The van der Waals surface area contributed by atoms with Crippen LogP contribution in [0.25, 0.3) is 11.3 Å². The quantitative estimate of drug-likeness (QED) is 0.586. The number of ether oxygens (including phenoxy) is 1. The van der Waals surface area contributed by atoms with Gasteiger partial charge in [0.25, 0.3) is 0 Å². The van der Waals surface area contributed by atoms with Crippen molar-refractivity contribution in [1.82, 2.24) is 9.78 Å². The summed E-state index contributed by atoms with van der Waals surface area (Å²) in [6.07, 6.45) is 0. The van der Waals surface area contributed by atoms with E-state index in [-0.39, 0.29) is 5.97 Å². The lowest BCUT2D eigenvalue weighted by Gasteiger charge is -2.22. The molecule has 1 aromatic heterocycles. The Morgan fingerprint density at radius 1 is 1.15 bits per heavy atom. The van der Waals surface area contributed by atoms with Crippen molar-refractivity contribution in [2.75, 3.05) is 18.6 Å². The minimum absolute atomic E-state index is 0.333. The molecule has 0 saturated carbocycles. The Labute approximate surface area is 164 Å². The molecule has 1 heterocycles. The van der Waals surface area contributed by atoms with E-state index in [0.29, 0.717) is 23.9 Å². The molecule has 0 fully saturated rings. The number of nitrogens with zero attached hydrogens (tertiary/aromatic N) is 3. The van der Waals surface area contributed by atoms with Crippen molar-refractivity contribution in [3.8, 4) is 11.3 Å². The fourth-order valence-electron chi connectivity index (χ4n) is 3.03. The number of carbonyl (C=O) groups excluding carboxylic acids is 1. The molecule has 0 radical (unpaired) electrons. The van der Waals surface area contributed by atoms with Crippen LogP contribution in [0, 0.1) is 0 Å². The van der Waals surface area contributed by atoms with Crippen LogP contribution in [0.3, 0.4) is 0 Å². The summed E-state index contributed by atoms with van der Waals surface area (Å²) in [5, 5.41) is 5.16. The number of para-hydroxylation sites is 1. The third-order valence-corrected chi connectivity index (χ3v) is 4.79. The Kier molecular flexibility index (Phi) is 5.81. The Morgan fingerprint density at radius 3 is 2.52 bits per heavy atom. The molecular formula is C21H22ClN3O2. The first-order chi connectivity index (χ1) is 13.0. The van der Waals surface area contributed by atoms with Crippen molar-refractivity contribution < 1.29 is 9.53 Å². The molecule has 140 valence electrons. The molecule has 2 aromatic carbocycles. The number of hydrogen-bond acceptors (Lipinski definition) is 4. The number of halogens is 1. The number of aromatic nitrogens is 2. The molecule has 0 spiro atoms. The van der Waals surface area contributed by atoms with Crippen molar-refractivity contribution in [2.45, 2.75) is 13.5 Å². The Bertz CT molecular complexity index is 938. The van der Waals surface area contributed by atoms with Gasteiger partial charge in [-0.3, -0.25) is 4.68 Å². The standard InChI is InChI=1S/C21H22ClN3O2/c1-4-27-21(26)16-12-8-9-13-18(16)24(2)14-17-19(23-25(3)20(17)22)15-10-6-5-7-11-15/h5-13H,4,14H2,1-3H3. The lowest BCUT2D eigenvalue weighted by atomic mass is 10.1. The minimum atomic E-state index is -0.333. The topological polar surface area (TPSA) is 47.4 Å². The highest BCUT2D eigenvalue weighted by atomic mass is 35.5. The summed E-state index contributed by atoms with van der Waals surface area (Å²) in [7, 11) is 3.75. The lowest BCUT2D eigenvalue weighted by Crippen LogP contribution is -2.20. The molecule has 0 aliphatic heterocycles. The Hall–Kier alpha value is -2.79. The maximum atomic E-state index is 12.3. The van der Waals surface area contributed by atoms with E-state index in [0.717, 1.165) is 22.5 Å². The first kappa shape index (κ1) is 19.0. The summed E-state index contributed by atoms with van der Waals surface area (Å²) in [6.45, 7) is 2.64. The van der Waals surface area contributed by atoms with Gasteiger partial charge in [-0.2, -0.15) is 5.10 Å². The van der Waals surface area contributed by atoms with Crippen molar-refractivity contribution in [1.29, 1.82) is 0 Å². The van der Waals surface area contributed by atoms with E-state index in [2.05, 4.69) is 5.10 Å². The van der Waals surface area contributed by atoms with Gasteiger partial charge in [-0.25, -0.2) is 4.79 Å². The molecule has 0 aliphatic rings. The van der Waals surface area contributed by atoms with E-state index in [1.807, 2.05) is 67.5 Å². The first-order valence-electron chi connectivity index (χ1n) is 8.77. The highest BCUT2D eigenvalue weighted by molar-refractivity contribution is 6.30. The van der Waals surface area contributed by atoms with Gasteiger partial charge in [-0.15, -0.1) is 0 Å². The number of carbonyl (C=O) groups is 1. The smallest absolute Gasteiger partial charge is 0.340 e. The zero-order valence-corrected chi connectivity index (χ0v) is 16.4. The summed E-state index contributed by atoms with van der Waals surface area (Å²) in [4.78, 5) is 14.3. The van der Waals surface area contributed by atoms with E-state index in [1.54, 1.807) is 17.7 Å². The zero-order valence-electron chi connectivity index (χ0n) is 15.6. The van der Waals surface area contributed by atoms with Gasteiger partial charge in [0.1, 0.15) is 5.15 Å². The second kappa shape index (κ2) is 8.27.